The van der Waals surface area contributed by atoms with Gasteiger partial charge >= 0.3 is 37.7 Å². The summed E-state index contributed by atoms with van der Waals surface area (Å²) in [5.41, 5.74) is 0. The molecule has 0 bridgehead atoms. The van der Waals surface area contributed by atoms with Crippen molar-refractivity contribution < 1.29 is 11.3 Å². The Hall–Kier alpha value is 0.690. The topological polar surface area (TPSA) is 34.1 Å². The maximum absolute atomic E-state index is 10.1. The SMILES string of the molecule is C=CS(=O)(=O)C=C.[Ca+2].[H-].[H-]. The van der Waals surface area contributed by atoms with Gasteiger partial charge in [0, 0.05) is 10.8 Å². The van der Waals surface area contributed by atoms with Gasteiger partial charge in [-0.1, -0.05) is 13.2 Å². The normalized spacial score (nSPS) is 9.00. The summed E-state index contributed by atoms with van der Waals surface area (Å²) in [7, 11) is -3.13. The molecule has 0 aromatic carbocycles. The van der Waals surface area contributed by atoms with Crippen LogP contribution in [0.1, 0.15) is 2.85 Å². The molecule has 0 aromatic rings. The Balaban J connectivity index is -0.0000000600. The van der Waals surface area contributed by atoms with Crippen molar-refractivity contribution >= 4 is 47.6 Å². The third-order valence-corrected chi connectivity index (χ3v) is 1.39. The first-order valence-corrected chi connectivity index (χ1v) is 3.23. The largest absolute Gasteiger partial charge is 2.00 e. The second-order valence-corrected chi connectivity index (χ2v) is 2.77. The number of hydrogen-bond acceptors (Lipinski definition) is 2. The molecular formula is C4H8CaO2S. The van der Waals surface area contributed by atoms with Crippen molar-refractivity contribution in [1.82, 2.24) is 0 Å². The van der Waals surface area contributed by atoms with E-state index in [4.69, 9.17) is 0 Å². The first kappa shape index (κ1) is 11.5. The molecule has 0 aliphatic rings. The zero-order chi connectivity index (χ0) is 5.91. The van der Waals surface area contributed by atoms with Crippen molar-refractivity contribution in [2.24, 2.45) is 0 Å². The first-order chi connectivity index (χ1) is 3.12. The fourth-order valence-electron chi connectivity index (χ4n) is 0.0680. The molecule has 0 heterocycles. The van der Waals surface area contributed by atoms with Gasteiger partial charge in [-0.25, -0.2) is 8.42 Å². The van der Waals surface area contributed by atoms with Gasteiger partial charge in [0.1, 0.15) is 0 Å². The minimum Gasteiger partial charge on any atom is -1.00 e. The predicted molar refractivity (Wildman–Crippen MR) is 37.3 cm³/mol. The second kappa shape index (κ2) is 4.56. The van der Waals surface area contributed by atoms with Crippen molar-refractivity contribution in [2.75, 3.05) is 0 Å². The summed E-state index contributed by atoms with van der Waals surface area (Å²) in [5.74, 6) is 0. The summed E-state index contributed by atoms with van der Waals surface area (Å²) < 4.78 is 20.3. The smallest absolute Gasteiger partial charge is 1.00 e. The Morgan fingerprint density at radius 3 is 1.50 bits per heavy atom. The van der Waals surface area contributed by atoms with Crippen LogP contribution in [-0.4, -0.2) is 46.2 Å². The third-order valence-electron chi connectivity index (χ3n) is 0.465. The predicted octanol–water partition coefficient (Wildman–Crippen LogP) is 0.532. The third kappa shape index (κ3) is 4.84. The van der Waals surface area contributed by atoms with Crippen molar-refractivity contribution in [1.29, 1.82) is 0 Å². The molecule has 0 aliphatic carbocycles. The maximum Gasteiger partial charge on any atom is 2.00 e. The average Bonchev–Trinajstić information content (AvgIpc) is 1.68. The fraction of sp³-hybridized carbons (Fsp3) is 0. The molecule has 0 saturated carbocycles. The van der Waals surface area contributed by atoms with Gasteiger partial charge in [-0.2, -0.15) is 0 Å². The van der Waals surface area contributed by atoms with E-state index < -0.39 is 9.84 Å². The molecule has 8 heavy (non-hydrogen) atoms. The summed E-state index contributed by atoms with van der Waals surface area (Å²) in [6, 6.07) is 0. The van der Waals surface area contributed by atoms with E-state index >= 15 is 0 Å². The van der Waals surface area contributed by atoms with Crippen LogP contribution in [0, 0.1) is 0 Å². The molecule has 4 heteroatoms. The van der Waals surface area contributed by atoms with Gasteiger partial charge < -0.3 is 2.85 Å². The molecule has 0 unspecified atom stereocenters. The Morgan fingerprint density at radius 2 is 1.50 bits per heavy atom. The molecule has 2 nitrogen and oxygen atoms in total. The molecule has 0 amide bonds. The Morgan fingerprint density at radius 1 is 1.25 bits per heavy atom. The van der Waals surface area contributed by atoms with Crippen LogP contribution in [0.5, 0.6) is 0 Å². The van der Waals surface area contributed by atoms with Gasteiger partial charge in [-0.05, 0) is 0 Å². The number of rotatable bonds is 2. The van der Waals surface area contributed by atoms with Crippen LogP contribution in [0.3, 0.4) is 0 Å². The molecule has 0 aliphatic heterocycles. The first-order valence-electron chi connectivity index (χ1n) is 1.62. The second-order valence-electron chi connectivity index (χ2n) is 0.922. The zero-order valence-electron chi connectivity index (χ0n) is 6.50. The monoisotopic (exact) mass is 160 g/mol. The van der Waals surface area contributed by atoms with Crippen LogP contribution in [0.15, 0.2) is 24.0 Å². The Labute approximate surface area is 82.2 Å². The van der Waals surface area contributed by atoms with Gasteiger partial charge in [0.25, 0.3) is 0 Å². The van der Waals surface area contributed by atoms with E-state index in [1.165, 1.54) is 0 Å². The van der Waals surface area contributed by atoms with Gasteiger partial charge in [-0.15, -0.1) is 0 Å². The van der Waals surface area contributed by atoms with Crippen LogP contribution < -0.4 is 0 Å². The van der Waals surface area contributed by atoms with E-state index in [1.807, 2.05) is 0 Å². The quantitative estimate of drug-likeness (QED) is 0.552. The van der Waals surface area contributed by atoms with Crippen LogP contribution in [-0.2, 0) is 9.84 Å². The Bertz CT molecular complexity index is 162. The van der Waals surface area contributed by atoms with Gasteiger partial charge in [0.15, 0.2) is 9.84 Å². The summed E-state index contributed by atoms with van der Waals surface area (Å²) in [5, 5.41) is 1.69. The van der Waals surface area contributed by atoms with E-state index in [-0.39, 0.29) is 40.6 Å². The van der Waals surface area contributed by atoms with Gasteiger partial charge in [-0.3, -0.25) is 0 Å². The van der Waals surface area contributed by atoms with Gasteiger partial charge in [0.05, 0.1) is 0 Å². The van der Waals surface area contributed by atoms with Gasteiger partial charge in [0.2, 0.25) is 0 Å². The summed E-state index contributed by atoms with van der Waals surface area (Å²) in [4.78, 5) is 0. The fourth-order valence-corrected chi connectivity index (χ4v) is 0.204. The van der Waals surface area contributed by atoms with E-state index in [2.05, 4.69) is 13.2 Å². The minimum atomic E-state index is -3.13. The van der Waals surface area contributed by atoms with E-state index in [9.17, 15) is 8.42 Å². The van der Waals surface area contributed by atoms with E-state index in [1.54, 1.807) is 0 Å². The molecular weight excluding hydrogens is 152 g/mol. The van der Waals surface area contributed by atoms with Crippen LogP contribution in [0.4, 0.5) is 0 Å². The average molecular weight is 160 g/mol. The summed E-state index contributed by atoms with van der Waals surface area (Å²) in [6.45, 7) is 6.09. The standard InChI is InChI=1S/C4H6O2S.Ca.2H/c1-3-7(5,6)4-2;;;/h3-4H,1-2H2;;;/q;+2;2*-1. The minimum absolute atomic E-state index is 0. The molecule has 44 valence electrons. The molecule has 0 fully saturated rings. The summed E-state index contributed by atoms with van der Waals surface area (Å²) in [6.07, 6.45) is 0. The zero-order valence-corrected chi connectivity index (χ0v) is 7.53. The van der Waals surface area contributed by atoms with Crippen LogP contribution in [0.25, 0.3) is 0 Å². The molecule has 0 N–H and O–H groups in total. The number of hydrogen-bond donors (Lipinski definition) is 0. The Kier molecular flexibility index (Phi) is 6.54. The van der Waals surface area contributed by atoms with Crippen molar-refractivity contribution in [2.45, 2.75) is 0 Å². The van der Waals surface area contributed by atoms with E-state index in [0.717, 1.165) is 10.8 Å². The molecule has 0 saturated heterocycles. The number of sulfone groups is 1. The molecule has 0 aromatic heterocycles. The maximum atomic E-state index is 10.1. The van der Waals surface area contributed by atoms with Crippen molar-refractivity contribution in [3.63, 3.8) is 0 Å². The molecule has 0 rings (SSSR count). The van der Waals surface area contributed by atoms with Crippen molar-refractivity contribution in [3.05, 3.63) is 24.0 Å². The van der Waals surface area contributed by atoms with Crippen LogP contribution in [0.2, 0.25) is 0 Å². The molecule has 0 spiro atoms. The van der Waals surface area contributed by atoms with E-state index in [0.29, 0.717) is 0 Å². The van der Waals surface area contributed by atoms with Crippen LogP contribution >= 0.6 is 0 Å². The van der Waals surface area contributed by atoms with Crippen molar-refractivity contribution in [3.8, 4) is 0 Å². The molecule has 0 radical (unpaired) electrons. The molecule has 0 atom stereocenters. The summed E-state index contributed by atoms with van der Waals surface area (Å²) >= 11 is 0.